The van der Waals surface area contributed by atoms with Crippen LogP contribution in [0.25, 0.3) is 0 Å². The molecule has 0 heterocycles. The van der Waals surface area contributed by atoms with E-state index >= 15 is 0 Å². The third-order valence-electron chi connectivity index (χ3n) is 3.94. The summed E-state index contributed by atoms with van der Waals surface area (Å²) in [6.07, 6.45) is 5.10. The van der Waals surface area contributed by atoms with Crippen LogP contribution in [0.15, 0.2) is 30.3 Å². The normalized spacial score (nSPS) is 13.0. The molecule has 0 radical (unpaired) electrons. The average Bonchev–Trinajstić information content (AvgIpc) is 2.50. The third-order valence-corrected chi connectivity index (χ3v) is 3.94. The molecule has 0 aliphatic heterocycles. The van der Waals surface area contributed by atoms with Crippen molar-refractivity contribution in [1.82, 2.24) is 10.2 Å². The Bertz CT molecular complexity index is 340. The first-order valence-corrected chi connectivity index (χ1v) is 8.71. The lowest BCUT2D eigenvalue weighted by Gasteiger charge is -2.33. The zero-order valence-electron chi connectivity index (χ0n) is 14.4. The fraction of sp³-hybridized carbons (Fsp3) is 0.684. The van der Waals surface area contributed by atoms with Crippen molar-refractivity contribution in [3.8, 4) is 0 Å². The Balaban J connectivity index is 2.82. The highest BCUT2D eigenvalue weighted by Crippen LogP contribution is 2.21. The van der Waals surface area contributed by atoms with Crippen molar-refractivity contribution in [3.05, 3.63) is 35.9 Å². The van der Waals surface area contributed by atoms with Crippen LogP contribution >= 0.6 is 0 Å². The molecule has 0 aromatic heterocycles. The minimum Gasteiger partial charge on any atom is -0.313 e. The smallest absolute Gasteiger partial charge is 0.0472 e. The molecule has 0 bridgehead atoms. The van der Waals surface area contributed by atoms with Gasteiger partial charge in [0.05, 0.1) is 0 Å². The number of unbranched alkanes of at least 4 members (excludes halogenated alkanes) is 2. The lowest BCUT2D eigenvalue weighted by Crippen LogP contribution is -2.39. The molecule has 21 heavy (non-hydrogen) atoms. The molecular weight excluding hydrogens is 256 g/mol. The van der Waals surface area contributed by atoms with E-state index in [9.17, 15) is 0 Å². The van der Waals surface area contributed by atoms with Crippen molar-refractivity contribution in [2.24, 2.45) is 0 Å². The number of benzene rings is 1. The summed E-state index contributed by atoms with van der Waals surface area (Å²) in [5.41, 5.74) is 1.44. The first-order chi connectivity index (χ1) is 10.2. The summed E-state index contributed by atoms with van der Waals surface area (Å²) in [6.45, 7) is 12.5. The van der Waals surface area contributed by atoms with Crippen LogP contribution < -0.4 is 5.32 Å². The van der Waals surface area contributed by atoms with Crippen molar-refractivity contribution < 1.29 is 0 Å². The molecular formula is C19H34N2. The van der Waals surface area contributed by atoms with Gasteiger partial charge in [-0.1, -0.05) is 70.9 Å². The summed E-state index contributed by atoms with van der Waals surface area (Å²) in [5.74, 6) is 0. The number of hydrogen-bond acceptors (Lipinski definition) is 2. The van der Waals surface area contributed by atoms with Gasteiger partial charge in [0.2, 0.25) is 0 Å². The minimum absolute atomic E-state index is 0.492. The van der Waals surface area contributed by atoms with Crippen molar-refractivity contribution in [3.63, 3.8) is 0 Å². The number of nitrogens with zero attached hydrogens (tertiary/aromatic N) is 1. The molecule has 0 aliphatic rings. The molecule has 1 rings (SSSR count). The van der Waals surface area contributed by atoms with Crippen LogP contribution in [0, 0.1) is 0 Å². The Hall–Kier alpha value is -0.860. The number of rotatable bonds is 11. The van der Waals surface area contributed by atoms with E-state index in [0.717, 1.165) is 6.54 Å². The largest absolute Gasteiger partial charge is 0.313 e. The lowest BCUT2D eigenvalue weighted by molar-refractivity contribution is 0.184. The highest BCUT2D eigenvalue weighted by atomic mass is 15.2. The van der Waals surface area contributed by atoms with Gasteiger partial charge in [0.15, 0.2) is 0 Å². The van der Waals surface area contributed by atoms with Gasteiger partial charge in [-0.15, -0.1) is 0 Å². The van der Waals surface area contributed by atoms with E-state index in [-0.39, 0.29) is 0 Å². The Labute approximate surface area is 131 Å². The Morgan fingerprint density at radius 3 is 2.00 bits per heavy atom. The van der Waals surface area contributed by atoms with Crippen LogP contribution in [0.5, 0.6) is 0 Å². The van der Waals surface area contributed by atoms with Crippen LogP contribution in [0.2, 0.25) is 0 Å². The summed E-state index contributed by atoms with van der Waals surface area (Å²) in [4.78, 5) is 2.68. The van der Waals surface area contributed by atoms with Crippen molar-refractivity contribution in [2.45, 2.75) is 65.5 Å². The van der Waals surface area contributed by atoms with E-state index in [1.807, 2.05) is 0 Å². The van der Waals surface area contributed by atoms with E-state index in [0.29, 0.717) is 12.1 Å². The lowest BCUT2D eigenvalue weighted by atomic mass is 10.0. The second-order valence-corrected chi connectivity index (χ2v) is 6.23. The van der Waals surface area contributed by atoms with Crippen molar-refractivity contribution in [1.29, 1.82) is 0 Å². The predicted molar refractivity (Wildman–Crippen MR) is 93.7 cm³/mol. The fourth-order valence-electron chi connectivity index (χ4n) is 2.63. The predicted octanol–water partition coefficient (Wildman–Crippen LogP) is 4.63. The molecule has 2 nitrogen and oxygen atoms in total. The van der Waals surface area contributed by atoms with Gasteiger partial charge in [0.1, 0.15) is 0 Å². The van der Waals surface area contributed by atoms with Crippen molar-refractivity contribution in [2.75, 3.05) is 19.6 Å². The molecule has 2 heteroatoms. The average molecular weight is 290 g/mol. The van der Waals surface area contributed by atoms with Gasteiger partial charge >= 0.3 is 0 Å². The van der Waals surface area contributed by atoms with Crippen LogP contribution in [0.1, 0.15) is 65.0 Å². The van der Waals surface area contributed by atoms with Gasteiger partial charge in [-0.2, -0.15) is 0 Å². The van der Waals surface area contributed by atoms with E-state index in [1.165, 1.54) is 44.3 Å². The Morgan fingerprint density at radius 2 is 1.52 bits per heavy atom. The van der Waals surface area contributed by atoms with E-state index < -0.39 is 0 Å². The second-order valence-electron chi connectivity index (χ2n) is 6.23. The monoisotopic (exact) mass is 290 g/mol. The summed E-state index contributed by atoms with van der Waals surface area (Å²) >= 11 is 0. The standard InChI is InChI=1S/C19H34N2/c1-5-7-14-21(15-8-6-2)19(16-20-17(3)4)18-12-10-9-11-13-18/h9-13,17,19-20H,5-8,14-16H2,1-4H3. The molecule has 0 amide bonds. The zero-order valence-corrected chi connectivity index (χ0v) is 14.4. The van der Waals surface area contributed by atoms with Gasteiger partial charge < -0.3 is 5.32 Å². The number of hydrogen-bond donors (Lipinski definition) is 1. The number of nitrogens with one attached hydrogen (secondary N) is 1. The Morgan fingerprint density at radius 1 is 0.952 bits per heavy atom. The molecule has 0 saturated heterocycles. The maximum absolute atomic E-state index is 3.64. The first-order valence-electron chi connectivity index (χ1n) is 8.71. The maximum atomic E-state index is 3.64. The molecule has 1 unspecified atom stereocenters. The van der Waals surface area contributed by atoms with E-state index in [2.05, 4.69) is 68.2 Å². The fourth-order valence-corrected chi connectivity index (χ4v) is 2.63. The topological polar surface area (TPSA) is 15.3 Å². The molecule has 1 atom stereocenters. The summed E-state index contributed by atoms with van der Waals surface area (Å²) in [7, 11) is 0. The third kappa shape index (κ3) is 7.10. The van der Waals surface area contributed by atoms with E-state index in [1.54, 1.807) is 0 Å². The summed E-state index contributed by atoms with van der Waals surface area (Å²) in [5, 5.41) is 3.64. The highest BCUT2D eigenvalue weighted by Gasteiger charge is 2.19. The Kier molecular flexibility index (Phi) is 9.36. The van der Waals surface area contributed by atoms with Gasteiger partial charge in [0.25, 0.3) is 0 Å². The second kappa shape index (κ2) is 10.8. The molecule has 1 N–H and O–H groups in total. The SMILES string of the molecule is CCCCN(CCCC)C(CNC(C)C)c1ccccc1. The van der Waals surface area contributed by atoms with Gasteiger partial charge in [-0.25, -0.2) is 0 Å². The van der Waals surface area contributed by atoms with Gasteiger partial charge in [0, 0.05) is 18.6 Å². The molecule has 0 aliphatic carbocycles. The van der Waals surface area contributed by atoms with Crippen LogP contribution in [0.4, 0.5) is 0 Å². The zero-order chi connectivity index (χ0) is 15.5. The van der Waals surface area contributed by atoms with E-state index in [4.69, 9.17) is 0 Å². The molecule has 1 aromatic rings. The quantitative estimate of drug-likeness (QED) is 0.639. The summed E-state index contributed by atoms with van der Waals surface area (Å²) in [6, 6.07) is 12.0. The molecule has 1 aromatic carbocycles. The first kappa shape index (κ1) is 18.2. The molecule has 0 fully saturated rings. The molecule has 120 valence electrons. The highest BCUT2D eigenvalue weighted by molar-refractivity contribution is 5.19. The van der Waals surface area contributed by atoms with Crippen LogP contribution in [0.3, 0.4) is 0 Å². The van der Waals surface area contributed by atoms with Crippen LogP contribution in [-0.2, 0) is 0 Å². The summed E-state index contributed by atoms with van der Waals surface area (Å²) < 4.78 is 0. The molecule has 0 saturated carbocycles. The van der Waals surface area contributed by atoms with Gasteiger partial charge in [-0.05, 0) is 31.5 Å². The molecule has 0 spiro atoms. The maximum Gasteiger partial charge on any atom is 0.0472 e. The van der Waals surface area contributed by atoms with Gasteiger partial charge in [-0.3, -0.25) is 4.90 Å². The van der Waals surface area contributed by atoms with Crippen LogP contribution in [-0.4, -0.2) is 30.6 Å². The minimum atomic E-state index is 0.492. The van der Waals surface area contributed by atoms with Crippen molar-refractivity contribution >= 4 is 0 Å².